The third kappa shape index (κ3) is 3.85. The highest BCUT2D eigenvalue weighted by atomic mass is 35.5. The number of nitrogens with zero attached hydrogens (tertiary/aromatic N) is 2. The Morgan fingerprint density at radius 2 is 2.33 bits per heavy atom. The van der Waals surface area contributed by atoms with Crippen LogP contribution in [0.1, 0.15) is 10.4 Å². The Bertz CT molecular complexity index is 341. The summed E-state index contributed by atoms with van der Waals surface area (Å²) in [5.41, 5.74) is 0.415. The van der Waals surface area contributed by atoms with E-state index < -0.39 is 0 Å². The highest BCUT2D eigenvalue weighted by Crippen LogP contribution is 2.10. The van der Waals surface area contributed by atoms with Gasteiger partial charge in [0, 0.05) is 19.3 Å². The van der Waals surface area contributed by atoms with Gasteiger partial charge in [-0.2, -0.15) is 0 Å². The van der Waals surface area contributed by atoms with Gasteiger partial charge in [0.25, 0.3) is 5.91 Å². The zero-order valence-electron chi connectivity index (χ0n) is 8.83. The van der Waals surface area contributed by atoms with Crippen molar-refractivity contribution in [3.63, 3.8) is 0 Å². The zero-order valence-corrected chi connectivity index (χ0v) is 9.58. The number of hydrogen-bond acceptors (Lipinski definition) is 3. The van der Waals surface area contributed by atoms with Gasteiger partial charge in [-0.05, 0) is 26.2 Å². The molecule has 15 heavy (non-hydrogen) atoms. The molecule has 0 unspecified atom stereocenters. The molecular weight excluding hydrogens is 214 g/mol. The van der Waals surface area contributed by atoms with E-state index >= 15 is 0 Å². The lowest BCUT2D eigenvalue weighted by atomic mass is 10.2. The molecule has 0 spiro atoms. The quantitative estimate of drug-likeness (QED) is 0.782. The molecule has 0 bridgehead atoms. The van der Waals surface area contributed by atoms with E-state index in [9.17, 15) is 4.79 Å². The Balaban J connectivity index is 2.51. The molecule has 0 radical (unpaired) electrons. The van der Waals surface area contributed by atoms with E-state index in [-0.39, 0.29) is 11.1 Å². The monoisotopic (exact) mass is 227 g/mol. The lowest BCUT2D eigenvalue weighted by Crippen LogP contribution is -2.31. The first-order valence-electron chi connectivity index (χ1n) is 4.64. The third-order valence-electron chi connectivity index (χ3n) is 1.85. The number of carbonyl (C=O) groups excluding carboxylic acids is 1. The molecule has 1 heterocycles. The van der Waals surface area contributed by atoms with E-state index in [2.05, 4.69) is 10.3 Å². The second kappa shape index (κ2) is 5.68. The lowest BCUT2D eigenvalue weighted by molar-refractivity contribution is 0.0951. The number of halogens is 1. The molecule has 1 amide bonds. The molecule has 0 saturated carbocycles. The number of carbonyl (C=O) groups is 1. The summed E-state index contributed by atoms with van der Waals surface area (Å²) in [7, 11) is 3.90. The Labute approximate surface area is 94.3 Å². The van der Waals surface area contributed by atoms with Gasteiger partial charge in [0.1, 0.15) is 5.15 Å². The van der Waals surface area contributed by atoms with Crippen LogP contribution in [-0.2, 0) is 0 Å². The number of nitrogens with one attached hydrogen (secondary N) is 1. The van der Waals surface area contributed by atoms with Crippen LogP contribution in [-0.4, -0.2) is 43.0 Å². The van der Waals surface area contributed by atoms with Crippen LogP contribution in [0.3, 0.4) is 0 Å². The maximum absolute atomic E-state index is 11.6. The number of likely N-dealkylation sites (N-methyl/N-ethyl adjacent to an activating group) is 1. The average Bonchev–Trinajstić information content (AvgIpc) is 2.17. The van der Waals surface area contributed by atoms with Crippen molar-refractivity contribution in [3.8, 4) is 0 Å². The number of rotatable bonds is 4. The average molecular weight is 228 g/mol. The number of amides is 1. The van der Waals surface area contributed by atoms with Crippen LogP contribution < -0.4 is 5.32 Å². The summed E-state index contributed by atoms with van der Waals surface area (Å²) in [4.78, 5) is 17.4. The number of aromatic nitrogens is 1. The normalized spacial score (nSPS) is 10.4. The van der Waals surface area contributed by atoms with Crippen LogP contribution in [0.15, 0.2) is 18.3 Å². The molecule has 1 N–H and O–H groups in total. The lowest BCUT2D eigenvalue weighted by Gasteiger charge is -2.10. The van der Waals surface area contributed by atoms with E-state index in [4.69, 9.17) is 11.6 Å². The minimum atomic E-state index is -0.185. The van der Waals surface area contributed by atoms with Crippen LogP contribution in [0.25, 0.3) is 0 Å². The van der Waals surface area contributed by atoms with Gasteiger partial charge in [0.05, 0.1) is 5.56 Å². The second-order valence-electron chi connectivity index (χ2n) is 3.40. The molecule has 82 valence electrons. The van der Waals surface area contributed by atoms with Crippen molar-refractivity contribution in [2.24, 2.45) is 0 Å². The Morgan fingerprint density at radius 1 is 1.60 bits per heavy atom. The zero-order chi connectivity index (χ0) is 11.3. The summed E-state index contributed by atoms with van der Waals surface area (Å²) in [6, 6.07) is 3.34. The molecule has 1 rings (SSSR count). The fourth-order valence-corrected chi connectivity index (χ4v) is 1.25. The summed E-state index contributed by atoms with van der Waals surface area (Å²) in [5.74, 6) is -0.185. The van der Waals surface area contributed by atoms with Gasteiger partial charge in [-0.1, -0.05) is 11.6 Å². The Hall–Kier alpha value is -1.13. The molecule has 0 atom stereocenters. The van der Waals surface area contributed by atoms with Crippen LogP contribution >= 0.6 is 11.6 Å². The number of hydrogen-bond donors (Lipinski definition) is 1. The molecule has 0 aliphatic heterocycles. The highest BCUT2D eigenvalue weighted by molar-refractivity contribution is 6.32. The van der Waals surface area contributed by atoms with Crippen molar-refractivity contribution in [2.75, 3.05) is 27.2 Å². The van der Waals surface area contributed by atoms with Crippen LogP contribution in [0.2, 0.25) is 5.15 Å². The molecule has 5 heteroatoms. The molecule has 1 aromatic heterocycles. The standard InChI is InChI=1S/C10H14ClN3O/c1-14(2)7-6-13-10(15)8-4-3-5-12-9(8)11/h3-5H,6-7H2,1-2H3,(H,13,15). The van der Waals surface area contributed by atoms with Crippen LogP contribution in [0.4, 0.5) is 0 Å². The minimum absolute atomic E-state index is 0.185. The van der Waals surface area contributed by atoms with E-state index in [1.54, 1.807) is 18.3 Å². The van der Waals surface area contributed by atoms with Crippen molar-refractivity contribution in [1.82, 2.24) is 15.2 Å². The molecule has 0 fully saturated rings. The van der Waals surface area contributed by atoms with Gasteiger partial charge in [-0.15, -0.1) is 0 Å². The Kier molecular flexibility index (Phi) is 4.52. The van der Waals surface area contributed by atoms with Gasteiger partial charge in [0.2, 0.25) is 0 Å². The van der Waals surface area contributed by atoms with Crippen molar-refractivity contribution in [3.05, 3.63) is 29.0 Å². The highest BCUT2D eigenvalue weighted by Gasteiger charge is 2.09. The Morgan fingerprint density at radius 3 is 2.93 bits per heavy atom. The van der Waals surface area contributed by atoms with E-state index in [0.29, 0.717) is 12.1 Å². The first kappa shape index (κ1) is 11.9. The van der Waals surface area contributed by atoms with Crippen molar-refractivity contribution < 1.29 is 4.79 Å². The molecular formula is C10H14ClN3O. The summed E-state index contributed by atoms with van der Waals surface area (Å²) >= 11 is 5.78. The fourth-order valence-electron chi connectivity index (χ4n) is 1.04. The van der Waals surface area contributed by atoms with Crippen molar-refractivity contribution in [1.29, 1.82) is 0 Å². The third-order valence-corrected chi connectivity index (χ3v) is 2.15. The van der Waals surface area contributed by atoms with Crippen LogP contribution in [0, 0.1) is 0 Å². The maximum Gasteiger partial charge on any atom is 0.254 e. The van der Waals surface area contributed by atoms with Crippen LogP contribution in [0.5, 0.6) is 0 Å². The molecule has 0 saturated heterocycles. The molecule has 0 aliphatic rings. The molecule has 0 aromatic carbocycles. The van der Waals surface area contributed by atoms with Crippen molar-refractivity contribution >= 4 is 17.5 Å². The van der Waals surface area contributed by atoms with E-state index in [0.717, 1.165) is 6.54 Å². The van der Waals surface area contributed by atoms with Gasteiger partial charge in [0.15, 0.2) is 0 Å². The van der Waals surface area contributed by atoms with Gasteiger partial charge >= 0.3 is 0 Å². The largest absolute Gasteiger partial charge is 0.351 e. The summed E-state index contributed by atoms with van der Waals surface area (Å²) < 4.78 is 0. The summed E-state index contributed by atoms with van der Waals surface area (Å²) in [6.07, 6.45) is 1.55. The van der Waals surface area contributed by atoms with Gasteiger partial charge < -0.3 is 10.2 Å². The molecule has 1 aromatic rings. The molecule has 4 nitrogen and oxygen atoms in total. The van der Waals surface area contributed by atoms with Gasteiger partial charge in [-0.25, -0.2) is 4.98 Å². The number of pyridine rings is 1. The minimum Gasteiger partial charge on any atom is -0.351 e. The van der Waals surface area contributed by atoms with E-state index in [1.165, 1.54) is 0 Å². The first-order valence-corrected chi connectivity index (χ1v) is 5.02. The SMILES string of the molecule is CN(C)CCNC(=O)c1cccnc1Cl. The predicted molar refractivity (Wildman–Crippen MR) is 60.1 cm³/mol. The van der Waals surface area contributed by atoms with Crippen molar-refractivity contribution in [2.45, 2.75) is 0 Å². The maximum atomic E-state index is 11.6. The summed E-state index contributed by atoms with van der Waals surface area (Å²) in [5, 5.41) is 3.00. The predicted octanol–water partition coefficient (Wildman–Crippen LogP) is 1.03. The van der Waals surface area contributed by atoms with Gasteiger partial charge in [-0.3, -0.25) is 4.79 Å². The van der Waals surface area contributed by atoms with E-state index in [1.807, 2.05) is 19.0 Å². The topological polar surface area (TPSA) is 45.2 Å². The second-order valence-corrected chi connectivity index (χ2v) is 3.76. The first-order chi connectivity index (χ1) is 7.11. The molecule has 0 aliphatic carbocycles. The summed E-state index contributed by atoms with van der Waals surface area (Å²) in [6.45, 7) is 1.39. The fraction of sp³-hybridized carbons (Fsp3) is 0.400. The smallest absolute Gasteiger partial charge is 0.254 e.